The summed E-state index contributed by atoms with van der Waals surface area (Å²) in [5.74, 6) is 0.446. The highest BCUT2D eigenvalue weighted by Gasteiger charge is 2.14. The monoisotopic (exact) mass is 348 g/mol. The van der Waals surface area contributed by atoms with Crippen LogP contribution in [0.1, 0.15) is 10.4 Å². The first-order valence-electron chi connectivity index (χ1n) is 7.72. The van der Waals surface area contributed by atoms with Crippen LogP contribution in [0.3, 0.4) is 0 Å². The Morgan fingerprint density at radius 1 is 0.960 bits per heavy atom. The molecule has 25 heavy (non-hydrogen) atoms. The molecule has 122 valence electrons. The second-order valence-corrected chi connectivity index (χ2v) is 6.01. The van der Waals surface area contributed by atoms with Crippen LogP contribution in [0.4, 0.5) is 5.69 Å². The van der Waals surface area contributed by atoms with Gasteiger partial charge in [0.1, 0.15) is 5.52 Å². The van der Waals surface area contributed by atoms with E-state index in [1.165, 1.54) is 0 Å². The summed E-state index contributed by atoms with van der Waals surface area (Å²) >= 11 is 5.86. The summed E-state index contributed by atoms with van der Waals surface area (Å²) in [6.07, 6.45) is 0. The molecule has 0 aliphatic heterocycles. The zero-order chi connectivity index (χ0) is 17.2. The predicted molar refractivity (Wildman–Crippen MR) is 98.9 cm³/mol. The third-order valence-corrected chi connectivity index (χ3v) is 4.13. The number of halogens is 1. The normalized spacial score (nSPS) is 10.8. The van der Waals surface area contributed by atoms with Crippen LogP contribution >= 0.6 is 11.6 Å². The lowest BCUT2D eigenvalue weighted by atomic mass is 10.1. The number of nitrogens with one attached hydrogen (secondary N) is 1. The lowest BCUT2D eigenvalue weighted by Gasteiger charge is -2.05. The van der Waals surface area contributed by atoms with Gasteiger partial charge < -0.3 is 9.84 Å². The highest BCUT2D eigenvalue weighted by atomic mass is 35.5. The smallest absolute Gasteiger partial charge is 0.255 e. The van der Waals surface area contributed by atoms with Crippen molar-refractivity contribution in [1.29, 1.82) is 0 Å². The van der Waals surface area contributed by atoms with Crippen LogP contribution in [0.5, 0.6) is 0 Å². The van der Waals surface area contributed by atoms with Gasteiger partial charge in [0, 0.05) is 21.8 Å². The second-order valence-electron chi connectivity index (χ2n) is 5.57. The summed E-state index contributed by atoms with van der Waals surface area (Å²) in [5.41, 5.74) is 2.84. The van der Waals surface area contributed by atoms with Crippen molar-refractivity contribution in [2.75, 3.05) is 5.32 Å². The Kier molecular flexibility index (Phi) is 3.96. The van der Waals surface area contributed by atoms with E-state index >= 15 is 0 Å². The van der Waals surface area contributed by atoms with Gasteiger partial charge in [0.25, 0.3) is 5.91 Å². The number of amides is 1. The van der Waals surface area contributed by atoms with Crippen molar-refractivity contribution >= 4 is 34.1 Å². The molecule has 0 atom stereocenters. The number of aromatic nitrogens is 1. The lowest BCUT2D eigenvalue weighted by Crippen LogP contribution is -2.11. The molecule has 4 aromatic rings. The lowest BCUT2D eigenvalue weighted by molar-refractivity contribution is 0.102. The maximum Gasteiger partial charge on any atom is 0.255 e. The molecule has 0 saturated carbocycles. The fourth-order valence-electron chi connectivity index (χ4n) is 2.62. The van der Waals surface area contributed by atoms with E-state index in [2.05, 4.69) is 10.5 Å². The van der Waals surface area contributed by atoms with Gasteiger partial charge in [-0.05, 0) is 42.5 Å². The molecule has 4 rings (SSSR count). The summed E-state index contributed by atoms with van der Waals surface area (Å²) in [6.45, 7) is 0. The minimum absolute atomic E-state index is 0.204. The van der Waals surface area contributed by atoms with Gasteiger partial charge in [-0.2, -0.15) is 0 Å². The fourth-order valence-corrected chi connectivity index (χ4v) is 2.74. The van der Waals surface area contributed by atoms with E-state index < -0.39 is 0 Å². The number of fused-ring (bicyclic) bond motifs is 1. The molecule has 0 unspecified atom stereocenters. The van der Waals surface area contributed by atoms with E-state index in [1.54, 1.807) is 42.5 Å². The topological polar surface area (TPSA) is 55.1 Å². The molecule has 3 aromatic carbocycles. The van der Waals surface area contributed by atoms with E-state index in [-0.39, 0.29) is 5.91 Å². The highest BCUT2D eigenvalue weighted by molar-refractivity contribution is 6.30. The molecule has 0 saturated heterocycles. The van der Waals surface area contributed by atoms with Crippen LogP contribution in [0.2, 0.25) is 5.02 Å². The van der Waals surface area contributed by atoms with Crippen molar-refractivity contribution in [2.45, 2.75) is 0 Å². The predicted octanol–water partition coefficient (Wildman–Crippen LogP) is 5.40. The van der Waals surface area contributed by atoms with E-state index in [0.717, 1.165) is 10.9 Å². The Hall–Kier alpha value is -3.11. The zero-order valence-electron chi connectivity index (χ0n) is 13.1. The van der Waals surface area contributed by atoms with E-state index in [1.807, 2.05) is 30.3 Å². The van der Waals surface area contributed by atoms with Crippen molar-refractivity contribution in [3.05, 3.63) is 83.4 Å². The molecule has 0 aliphatic rings. The van der Waals surface area contributed by atoms with Crippen molar-refractivity contribution in [1.82, 2.24) is 5.16 Å². The zero-order valence-corrected chi connectivity index (χ0v) is 13.8. The number of hydrogen-bond donors (Lipinski definition) is 1. The van der Waals surface area contributed by atoms with Crippen LogP contribution in [0, 0.1) is 0 Å². The molecule has 0 fully saturated rings. The third kappa shape index (κ3) is 3.12. The molecule has 0 aliphatic carbocycles. The van der Waals surface area contributed by atoms with E-state index in [9.17, 15) is 4.79 Å². The van der Waals surface area contributed by atoms with Crippen LogP contribution < -0.4 is 5.32 Å². The van der Waals surface area contributed by atoms with E-state index in [4.69, 9.17) is 16.1 Å². The molecule has 1 N–H and O–H groups in total. The number of carbonyl (C=O) groups excluding carboxylic acids is 1. The van der Waals surface area contributed by atoms with Crippen LogP contribution in [0.25, 0.3) is 22.2 Å². The quantitative estimate of drug-likeness (QED) is 0.539. The van der Waals surface area contributed by atoms with Crippen molar-refractivity contribution in [2.24, 2.45) is 0 Å². The first-order chi connectivity index (χ1) is 12.2. The summed E-state index contributed by atoms with van der Waals surface area (Å²) in [5, 5.41) is 8.34. The Morgan fingerprint density at radius 2 is 1.72 bits per heavy atom. The molecule has 5 heteroatoms. The van der Waals surface area contributed by atoms with Gasteiger partial charge in [-0.1, -0.05) is 47.1 Å². The average molecular weight is 349 g/mol. The maximum absolute atomic E-state index is 12.5. The number of rotatable bonds is 3. The van der Waals surface area contributed by atoms with Gasteiger partial charge in [0.2, 0.25) is 0 Å². The third-order valence-electron chi connectivity index (χ3n) is 3.88. The Labute approximate surface area is 149 Å². The molecule has 1 aromatic heterocycles. The molecule has 4 nitrogen and oxygen atoms in total. The second kappa shape index (κ2) is 6.42. The van der Waals surface area contributed by atoms with Gasteiger partial charge >= 0.3 is 0 Å². The fraction of sp³-hybridized carbons (Fsp3) is 0. The molecule has 1 heterocycles. The molecular formula is C20H13ClN2O2. The van der Waals surface area contributed by atoms with Gasteiger partial charge in [-0.25, -0.2) is 0 Å². The van der Waals surface area contributed by atoms with Crippen molar-refractivity contribution in [3.8, 4) is 11.3 Å². The number of anilines is 1. The number of carbonyl (C=O) groups is 1. The summed E-state index contributed by atoms with van der Waals surface area (Å²) < 4.78 is 5.47. The Balaban J connectivity index is 1.68. The summed E-state index contributed by atoms with van der Waals surface area (Å²) in [6, 6.07) is 22.0. The summed E-state index contributed by atoms with van der Waals surface area (Å²) in [4.78, 5) is 12.5. The Morgan fingerprint density at radius 3 is 2.48 bits per heavy atom. The molecule has 0 bridgehead atoms. The molecular weight excluding hydrogens is 336 g/mol. The molecule has 0 spiro atoms. The van der Waals surface area contributed by atoms with Crippen molar-refractivity contribution < 1.29 is 9.32 Å². The van der Waals surface area contributed by atoms with Gasteiger partial charge in [0.05, 0.1) is 5.39 Å². The largest absolute Gasteiger partial charge is 0.355 e. The van der Waals surface area contributed by atoms with Crippen molar-refractivity contribution in [3.63, 3.8) is 0 Å². The van der Waals surface area contributed by atoms with Crippen LogP contribution in [-0.2, 0) is 0 Å². The van der Waals surface area contributed by atoms with Gasteiger partial charge in [-0.3, -0.25) is 4.79 Å². The molecule has 0 radical (unpaired) electrons. The van der Waals surface area contributed by atoms with Crippen LogP contribution in [-0.4, -0.2) is 11.1 Å². The first kappa shape index (κ1) is 15.4. The average Bonchev–Trinajstić information content (AvgIpc) is 3.07. The van der Waals surface area contributed by atoms with E-state index in [0.29, 0.717) is 27.6 Å². The van der Waals surface area contributed by atoms with Gasteiger partial charge in [0.15, 0.2) is 5.76 Å². The highest BCUT2D eigenvalue weighted by Crippen LogP contribution is 2.29. The standard InChI is InChI=1S/C20H13ClN2O2/c21-15-7-9-16(10-8-15)22-20(24)14-6-11-18-17(12-14)19(25-23-18)13-4-2-1-3-5-13/h1-12H,(H,22,24). The first-order valence-corrected chi connectivity index (χ1v) is 8.10. The minimum Gasteiger partial charge on any atom is -0.355 e. The number of nitrogens with zero attached hydrogens (tertiary/aromatic N) is 1. The van der Waals surface area contributed by atoms with Gasteiger partial charge in [-0.15, -0.1) is 0 Å². The minimum atomic E-state index is -0.204. The molecule has 1 amide bonds. The summed E-state index contributed by atoms with van der Waals surface area (Å²) in [7, 11) is 0. The SMILES string of the molecule is O=C(Nc1ccc(Cl)cc1)c1ccc2noc(-c3ccccc3)c2c1. The maximum atomic E-state index is 12.5. The van der Waals surface area contributed by atoms with Crippen LogP contribution in [0.15, 0.2) is 77.3 Å². The number of benzene rings is 3. The Bertz CT molecular complexity index is 1040. The number of hydrogen-bond acceptors (Lipinski definition) is 3.